The number of aryl methyl sites for hydroxylation is 1. The lowest BCUT2D eigenvalue weighted by Crippen LogP contribution is -2.27. The molecule has 0 fully saturated rings. The Morgan fingerprint density at radius 2 is 1.88 bits per heavy atom. The highest BCUT2D eigenvalue weighted by molar-refractivity contribution is 7.99. The summed E-state index contributed by atoms with van der Waals surface area (Å²) in [7, 11) is 0. The summed E-state index contributed by atoms with van der Waals surface area (Å²) in [6.45, 7) is 2.54. The molecule has 0 aliphatic heterocycles. The lowest BCUT2D eigenvalue weighted by Gasteiger charge is -2.13. The summed E-state index contributed by atoms with van der Waals surface area (Å²) >= 11 is 2.92. The molecule has 0 saturated carbocycles. The van der Waals surface area contributed by atoms with E-state index in [0.29, 0.717) is 23.1 Å². The van der Waals surface area contributed by atoms with Gasteiger partial charge in [-0.25, -0.2) is 4.39 Å². The van der Waals surface area contributed by atoms with E-state index in [9.17, 15) is 9.18 Å². The van der Waals surface area contributed by atoms with Crippen LogP contribution in [0.1, 0.15) is 23.4 Å². The van der Waals surface area contributed by atoms with E-state index in [0.717, 1.165) is 11.3 Å². The smallest absolute Gasteiger partial charge is 0.230 e. The molecular formula is C24H23FN4OS2. The molecule has 0 saturated heterocycles. The van der Waals surface area contributed by atoms with Gasteiger partial charge in [-0.3, -0.25) is 4.79 Å². The van der Waals surface area contributed by atoms with E-state index in [1.165, 1.54) is 23.4 Å². The predicted octanol–water partition coefficient (Wildman–Crippen LogP) is 5.36. The molecule has 1 unspecified atom stereocenters. The maximum Gasteiger partial charge on any atom is 0.230 e. The molecule has 1 atom stereocenters. The minimum atomic E-state index is -0.347. The summed E-state index contributed by atoms with van der Waals surface area (Å²) < 4.78 is 16.4. The van der Waals surface area contributed by atoms with Crippen molar-refractivity contribution in [2.75, 3.05) is 5.75 Å². The molecule has 4 rings (SSSR count). The third-order valence-electron chi connectivity index (χ3n) is 4.98. The SMILES string of the molecule is CC(NC(=O)CSc1nnc(-c2ccccc2F)n1CCc1ccccc1)c1cccs1. The van der Waals surface area contributed by atoms with Gasteiger partial charge in [-0.05, 0) is 42.5 Å². The van der Waals surface area contributed by atoms with Gasteiger partial charge in [-0.15, -0.1) is 21.5 Å². The first-order valence-corrected chi connectivity index (χ1v) is 12.2. The summed E-state index contributed by atoms with van der Waals surface area (Å²) in [5.41, 5.74) is 1.56. The Bertz CT molecular complexity index is 1160. The standard InChI is InChI=1S/C24H23FN4OS2/c1-17(21-12-7-15-31-21)26-22(30)16-32-24-28-27-23(19-10-5-6-11-20(19)25)29(24)14-13-18-8-3-2-4-9-18/h2-12,15,17H,13-14,16H2,1H3,(H,26,30). The van der Waals surface area contributed by atoms with Crippen molar-refractivity contribution in [1.82, 2.24) is 20.1 Å². The summed E-state index contributed by atoms with van der Waals surface area (Å²) in [6, 6.07) is 20.5. The van der Waals surface area contributed by atoms with Crippen molar-refractivity contribution in [2.24, 2.45) is 0 Å². The second kappa shape index (κ2) is 10.6. The summed E-state index contributed by atoms with van der Waals surface area (Å²) in [4.78, 5) is 13.6. The van der Waals surface area contributed by atoms with Crippen molar-refractivity contribution in [2.45, 2.75) is 31.1 Å². The highest BCUT2D eigenvalue weighted by Gasteiger charge is 2.19. The fraction of sp³-hybridized carbons (Fsp3) is 0.208. The van der Waals surface area contributed by atoms with E-state index in [-0.39, 0.29) is 23.5 Å². The molecule has 2 aromatic carbocycles. The van der Waals surface area contributed by atoms with Crippen molar-refractivity contribution in [3.05, 3.63) is 88.4 Å². The van der Waals surface area contributed by atoms with Crippen molar-refractivity contribution in [1.29, 1.82) is 0 Å². The Labute approximate surface area is 194 Å². The number of rotatable bonds is 9. The Morgan fingerprint density at radius 3 is 2.62 bits per heavy atom. The van der Waals surface area contributed by atoms with Crippen LogP contribution in [-0.4, -0.2) is 26.4 Å². The number of benzene rings is 2. The number of thiophene rings is 1. The van der Waals surface area contributed by atoms with Crippen LogP contribution in [0.2, 0.25) is 0 Å². The Kier molecular flexibility index (Phi) is 7.34. The Balaban J connectivity index is 1.50. The number of hydrogen-bond acceptors (Lipinski definition) is 5. The Morgan fingerprint density at radius 1 is 1.09 bits per heavy atom. The van der Waals surface area contributed by atoms with Gasteiger partial charge < -0.3 is 9.88 Å². The molecule has 2 aromatic heterocycles. The van der Waals surface area contributed by atoms with Crippen molar-refractivity contribution < 1.29 is 9.18 Å². The number of nitrogens with one attached hydrogen (secondary N) is 1. The largest absolute Gasteiger partial charge is 0.348 e. The molecule has 0 bridgehead atoms. The van der Waals surface area contributed by atoms with Gasteiger partial charge in [-0.2, -0.15) is 0 Å². The second-order valence-electron chi connectivity index (χ2n) is 7.27. The summed E-state index contributed by atoms with van der Waals surface area (Å²) in [5, 5.41) is 14.1. The molecule has 2 heterocycles. The zero-order valence-corrected chi connectivity index (χ0v) is 19.2. The first-order valence-electron chi connectivity index (χ1n) is 10.3. The molecule has 5 nitrogen and oxygen atoms in total. The zero-order chi connectivity index (χ0) is 22.3. The van der Waals surface area contributed by atoms with Crippen LogP contribution in [0.15, 0.2) is 77.3 Å². The first kappa shape index (κ1) is 22.2. The second-order valence-corrected chi connectivity index (χ2v) is 9.19. The van der Waals surface area contributed by atoms with Gasteiger partial charge in [0, 0.05) is 11.4 Å². The first-order chi connectivity index (χ1) is 15.6. The van der Waals surface area contributed by atoms with Crippen LogP contribution in [0, 0.1) is 5.82 Å². The van der Waals surface area contributed by atoms with Gasteiger partial charge in [-0.1, -0.05) is 60.3 Å². The average Bonchev–Trinajstić information content (AvgIpc) is 3.48. The number of halogens is 1. The number of carbonyl (C=O) groups is 1. The van der Waals surface area contributed by atoms with Gasteiger partial charge in [0.2, 0.25) is 5.91 Å². The average molecular weight is 467 g/mol. The molecule has 1 amide bonds. The maximum atomic E-state index is 14.5. The van der Waals surface area contributed by atoms with Gasteiger partial charge in [0.25, 0.3) is 0 Å². The van der Waals surface area contributed by atoms with Crippen LogP contribution >= 0.6 is 23.1 Å². The van der Waals surface area contributed by atoms with Crippen LogP contribution in [0.3, 0.4) is 0 Å². The van der Waals surface area contributed by atoms with Crippen molar-refractivity contribution >= 4 is 29.0 Å². The molecule has 0 spiro atoms. The molecule has 4 aromatic rings. The van der Waals surface area contributed by atoms with Crippen LogP contribution in [0.5, 0.6) is 0 Å². The number of aromatic nitrogens is 3. The number of thioether (sulfide) groups is 1. The monoisotopic (exact) mass is 466 g/mol. The number of nitrogens with zero attached hydrogens (tertiary/aromatic N) is 3. The van der Waals surface area contributed by atoms with E-state index in [1.54, 1.807) is 29.5 Å². The quantitative estimate of drug-likeness (QED) is 0.338. The third kappa shape index (κ3) is 5.44. The van der Waals surface area contributed by atoms with Crippen LogP contribution in [0.25, 0.3) is 11.4 Å². The van der Waals surface area contributed by atoms with Crippen LogP contribution in [0.4, 0.5) is 4.39 Å². The molecule has 8 heteroatoms. The Hall–Kier alpha value is -2.97. The van der Waals surface area contributed by atoms with Gasteiger partial charge in [0.15, 0.2) is 11.0 Å². The lowest BCUT2D eigenvalue weighted by molar-refractivity contribution is -0.119. The lowest BCUT2D eigenvalue weighted by atomic mass is 10.1. The van der Waals surface area contributed by atoms with E-state index < -0.39 is 0 Å². The molecule has 0 aliphatic rings. The van der Waals surface area contributed by atoms with Crippen LogP contribution in [-0.2, 0) is 17.8 Å². The molecular weight excluding hydrogens is 443 g/mol. The highest BCUT2D eigenvalue weighted by Crippen LogP contribution is 2.27. The minimum absolute atomic E-state index is 0.0481. The molecule has 164 valence electrons. The molecule has 0 aliphatic carbocycles. The fourth-order valence-corrected chi connectivity index (χ4v) is 4.86. The van der Waals surface area contributed by atoms with E-state index >= 15 is 0 Å². The molecule has 32 heavy (non-hydrogen) atoms. The maximum absolute atomic E-state index is 14.5. The van der Waals surface area contributed by atoms with E-state index in [4.69, 9.17) is 0 Å². The zero-order valence-electron chi connectivity index (χ0n) is 17.6. The van der Waals surface area contributed by atoms with Gasteiger partial charge in [0.05, 0.1) is 17.4 Å². The number of hydrogen-bond donors (Lipinski definition) is 1. The van der Waals surface area contributed by atoms with Crippen LogP contribution < -0.4 is 5.32 Å². The topological polar surface area (TPSA) is 59.8 Å². The van der Waals surface area contributed by atoms with E-state index in [2.05, 4.69) is 27.6 Å². The molecule has 0 radical (unpaired) electrons. The summed E-state index contributed by atoms with van der Waals surface area (Å²) in [5.74, 6) is 0.242. The van der Waals surface area contributed by atoms with Crippen molar-refractivity contribution in [3.63, 3.8) is 0 Å². The highest BCUT2D eigenvalue weighted by atomic mass is 32.2. The normalized spacial score (nSPS) is 11.9. The number of amides is 1. The minimum Gasteiger partial charge on any atom is -0.348 e. The predicted molar refractivity (Wildman–Crippen MR) is 127 cm³/mol. The van der Waals surface area contributed by atoms with E-state index in [1.807, 2.05) is 47.2 Å². The fourth-order valence-electron chi connectivity index (χ4n) is 3.35. The number of carbonyl (C=O) groups excluding carboxylic acids is 1. The van der Waals surface area contributed by atoms with Gasteiger partial charge >= 0.3 is 0 Å². The van der Waals surface area contributed by atoms with Crippen molar-refractivity contribution in [3.8, 4) is 11.4 Å². The third-order valence-corrected chi connectivity index (χ3v) is 7.00. The molecule has 1 N–H and O–H groups in total. The summed E-state index contributed by atoms with van der Waals surface area (Å²) in [6.07, 6.45) is 0.746. The van der Waals surface area contributed by atoms with Gasteiger partial charge in [0.1, 0.15) is 5.82 Å².